The van der Waals surface area contributed by atoms with Crippen LogP contribution in [0.3, 0.4) is 0 Å². The molecule has 2 aromatic heterocycles. The van der Waals surface area contributed by atoms with Crippen LogP contribution in [0.2, 0.25) is 0 Å². The van der Waals surface area contributed by atoms with Crippen LogP contribution in [-0.4, -0.2) is 62.8 Å². The van der Waals surface area contributed by atoms with E-state index >= 15 is 4.39 Å². The zero-order valence-electron chi connectivity index (χ0n) is 23.9. The minimum Gasteiger partial charge on any atom is -0.465 e. The summed E-state index contributed by atoms with van der Waals surface area (Å²) in [6, 6.07) is 16.2. The Labute approximate surface area is 246 Å². The third-order valence-electron chi connectivity index (χ3n) is 7.46. The van der Waals surface area contributed by atoms with Crippen molar-refractivity contribution in [1.29, 1.82) is 5.26 Å². The Bertz CT molecular complexity index is 1750. The number of aliphatic hydroxyl groups is 1. The molecule has 3 heterocycles. The van der Waals surface area contributed by atoms with Gasteiger partial charge >= 0.3 is 13.7 Å². The van der Waals surface area contributed by atoms with Crippen LogP contribution in [0.4, 0.5) is 4.39 Å². The van der Waals surface area contributed by atoms with E-state index in [9.17, 15) is 19.7 Å². The molecule has 0 saturated carbocycles. The fraction of sp³-hybridized carbons (Fsp3) is 0.379. The Morgan fingerprint density at radius 3 is 2.77 bits per heavy atom. The molecule has 0 radical (unpaired) electrons. The second kappa shape index (κ2) is 11.6. The zero-order chi connectivity index (χ0) is 31.0. The largest absolute Gasteiger partial charge is 0.465 e. The quantitative estimate of drug-likeness (QED) is 0.196. The summed E-state index contributed by atoms with van der Waals surface area (Å²) in [5.41, 5.74) is -3.84. The minimum atomic E-state index is -4.43. The van der Waals surface area contributed by atoms with Gasteiger partial charge in [0.15, 0.2) is 5.67 Å². The summed E-state index contributed by atoms with van der Waals surface area (Å²) in [4.78, 5) is 16.5. The predicted molar refractivity (Wildman–Crippen MR) is 153 cm³/mol. The molecule has 0 bridgehead atoms. The molecule has 2 aromatic carbocycles. The van der Waals surface area contributed by atoms with Crippen molar-refractivity contribution in [2.75, 3.05) is 13.2 Å². The summed E-state index contributed by atoms with van der Waals surface area (Å²) in [5, 5.41) is 29.5. The van der Waals surface area contributed by atoms with Crippen molar-refractivity contribution >= 4 is 30.0 Å². The molecule has 1 fully saturated rings. The standard InChI is InChI=1S/C29H31FN5O7P/c1-5-39-27(37)19(3)34-43(38,42-23-12-8-10-20-9-6-7-11-21(20)23)40-15-24-26(36)28(4,30)29(16-31,41-24)25-14-13-22-18(2)32-17-33-35(22)25/h6-14,17,19,24,26,36H,5,15H2,1-4H3,(H,34,38)/t19-,24+,26+,28+,29-,43?/m0/s1. The number of esters is 1. The topological polar surface area (TPSA) is 157 Å². The first-order valence-corrected chi connectivity index (χ1v) is 15.1. The van der Waals surface area contributed by atoms with Gasteiger partial charge in [-0.15, -0.1) is 0 Å². The van der Waals surface area contributed by atoms with Gasteiger partial charge in [0.05, 0.1) is 30.1 Å². The van der Waals surface area contributed by atoms with Gasteiger partial charge in [-0.1, -0.05) is 36.4 Å². The van der Waals surface area contributed by atoms with Gasteiger partial charge in [0.1, 0.15) is 36.4 Å². The van der Waals surface area contributed by atoms with Crippen LogP contribution in [-0.2, 0) is 29.0 Å². The molecule has 1 saturated heterocycles. The smallest absolute Gasteiger partial charge is 0.459 e. The van der Waals surface area contributed by atoms with Crippen LogP contribution in [0.25, 0.3) is 16.3 Å². The summed E-state index contributed by atoms with van der Waals surface area (Å²) in [7, 11) is -4.43. The number of carbonyl (C=O) groups excluding carboxylic acids is 1. The molecule has 1 aliphatic rings. The molecule has 0 spiro atoms. The molecule has 14 heteroatoms. The molecule has 43 heavy (non-hydrogen) atoms. The fourth-order valence-electron chi connectivity index (χ4n) is 5.14. The maximum atomic E-state index is 16.4. The van der Waals surface area contributed by atoms with Crippen molar-refractivity contribution in [2.45, 2.75) is 57.2 Å². The van der Waals surface area contributed by atoms with E-state index in [0.717, 1.165) is 12.3 Å². The maximum absolute atomic E-state index is 16.4. The van der Waals surface area contributed by atoms with Crippen LogP contribution in [0, 0.1) is 18.3 Å². The summed E-state index contributed by atoms with van der Waals surface area (Å²) in [5.74, 6) is -0.517. The van der Waals surface area contributed by atoms with Gasteiger partial charge in [0.2, 0.25) is 5.60 Å². The van der Waals surface area contributed by atoms with Crippen molar-refractivity contribution in [2.24, 2.45) is 0 Å². The van der Waals surface area contributed by atoms with Crippen LogP contribution < -0.4 is 9.61 Å². The SMILES string of the molecule is CCOC(=O)[C@H](C)NP(=O)(OC[C@H]1O[C@@](C#N)(c2ccc3c(C)ncnn23)[C@](C)(F)[C@@H]1O)Oc1cccc2ccccc12. The Hall–Kier alpha value is -3.92. The van der Waals surface area contributed by atoms with E-state index < -0.39 is 49.8 Å². The van der Waals surface area contributed by atoms with Gasteiger partial charge < -0.3 is 19.1 Å². The molecule has 226 valence electrons. The van der Waals surface area contributed by atoms with Crippen molar-refractivity contribution in [1.82, 2.24) is 19.7 Å². The molecular weight excluding hydrogens is 580 g/mol. The molecule has 0 aliphatic carbocycles. The highest BCUT2D eigenvalue weighted by atomic mass is 31.2. The molecule has 6 atom stereocenters. The first-order chi connectivity index (χ1) is 20.5. The minimum absolute atomic E-state index is 0.0336. The van der Waals surface area contributed by atoms with Gasteiger partial charge in [-0.05, 0) is 51.3 Å². The number of nitrogens with one attached hydrogen (secondary N) is 1. The summed E-state index contributed by atoms with van der Waals surface area (Å²) in [6.07, 6.45) is -2.11. The van der Waals surface area contributed by atoms with Crippen LogP contribution in [0.1, 0.15) is 32.2 Å². The highest BCUT2D eigenvalue weighted by Crippen LogP contribution is 2.52. The highest BCUT2D eigenvalue weighted by Gasteiger charge is 2.67. The number of benzene rings is 2. The number of aliphatic hydroxyl groups excluding tert-OH is 1. The summed E-state index contributed by atoms with van der Waals surface area (Å²) in [6.45, 7) is 5.23. The van der Waals surface area contributed by atoms with Crippen molar-refractivity contribution in [3.8, 4) is 11.8 Å². The lowest BCUT2D eigenvalue weighted by molar-refractivity contribution is -0.144. The molecule has 5 rings (SSSR count). The summed E-state index contributed by atoms with van der Waals surface area (Å²) < 4.78 is 54.5. The molecule has 1 unspecified atom stereocenters. The number of fused-ring (bicyclic) bond motifs is 2. The number of hydrogen-bond acceptors (Lipinski definition) is 10. The summed E-state index contributed by atoms with van der Waals surface area (Å²) >= 11 is 0. The molecule has 1 aliphatic heterocycles. The lowest BCUT2D eigenvalue weighted by Crippen LogP contribution is -2.48. The van der Waals surface area contributed by atoms with Crippen LogP contribution in [0.15, 0.2) is 60.9 Å². The average molecular weight is 612 g/mol. The molecule has 2 N–H and O–H groups in total. The molecular formula is C29H31FN5O7P. The number of rotatable bonds is 10. The van der Waals surface area contributed by atoms with Gasteiger partial charge in [-0.3, -0.25) is 9.32 Å². The Morgan fingerprint density at radius 2 is 2.02 bits per heavy atom. The van der Waals surface area contributed by atoms with E-state index in [2.05, 4.69) is 15.2 Å². The van der Waals surface area contributed by atoms with Gasteiger partial charge in [-0.25, -0.2) is 18.5 Å². The second-order valence-electron chi connectivity index (χ2n) is 10.3. The number of aromatic nitrogens is 3. The van der Waals surface area contributed by atoms with Crippen LogP contribution in [0.5, 0.6) is 5.75 Å². The van der Waals surface area contributed by atoms with E-state index in [-0.39, 0.29) is 18.1 Å². The first kappa shape index (κ1) is 30.5. The Balaban J connectivity index is 1.46. The second-order valence-corrected chi connectivity index (χ2v) is 12.0. The normalized spacial score (nSPS) is 25.7. The van der Waals surface area contributed by atoms with Gasteiger partial charge in [0, 0.05) is 5.39 Å². The Kier molecular flexibility index (Phi) is 8.26. The zero-order valence-corrected chi connectivity index (χ0v) is 24.8. The lowest BCUT2D eigenvalue weighted by Gasteiger charge is -2.30. The number of nitriles is 1. The van der Waals surface area contributed by atoms with Gasteiger partial charge in [0.25, 0.3) is 0 Å². The number of alkyl halides is 1. The monoisotopic (exact) mass is 611 g/mol. The highest BCUT2D eigenvalue weighted by molar-refractivity contribution is 7.52. The number of ether oxygens (including phenoxy) is 2. The third-order valence-corrected chi connectivity index (χ3v) is 9.09. The number of halogens is 1. The van der Waals surface area contributed by atoms with Gasteiger partial charge in [-0.2, -0.15) is 15.4 Å². The van der Waals surface area contributed by atoms with E-state index in [0.29, 0.717) is 16.6 Å². The van der Waals surface area contributed by atoms with Crippen molar-refractivity contribution in [3.63, 3.8) is 0 Å². The molecule has 4 aromatic rings. The maximum Gasteiger partial charge on any atom is 0.459 e. The molecule has 0 amide bonds. The van der Waals surface area contributed by atoms with E-state index in [1.165, 1.54) is 23.8 Å². The number of carbonyl (C=O) groups is 1. The van der Waals surface area contributed by atoms with Crippen LogP contribution >= 0.6 is 7.75 Å². The third kappa shape index (κ3) is 5.37. The average Bonchev–Trinajstić information content (AvgIpc) is 3.50. The number of hydrogen-bond donors (Lipinski definition) is 2. The van der Waals surface area contributed by atoms with Crippen molar-refractivity contribution in [3.05, 3.63) is 72.3 Å². The van der Waals surface area contributed by atoms with E-state index in [4.69, 9.17) is 18.5 Å². The fourth-order valence-corrected chi connectivity index (χ4v) is 6.66. The number of aryl methyl sites for hydroxylation is 1. The van der Waals surface area contributed by atoms with E-state index in [1.807, 2.05) is 24.3 Å². The lowest BCUT2D eigenvalue weighted by atomic mass is 9.82. The van der Waals surface area contributed by atoms with E-state index in [1.54, 1.807) is 44.2 Å². The Morgan fingerprint density at radius 1 is 1.28 bits per heavy atom. The molecule has 12 nitrogen and oxygen atoms in total. The number of nitrogens with zero attached hydrogens (tertiary/aromatic N) is 4. The predicted octanol–water partition coefficient (Wildman–Crippen LogP) is 4.14. The van der Waals surface area contributed by atoms with Crippen molar-refractivity contribution < 1.29 is 37.4 Å². The first-order valence-electron chi connectivity index (χ1n) is 13.6.